The summed E-state index contributed by atoms with van der Waals surface area (Å²) in [5.41, 5.74) is 1.18. The van der Waals surface area contributed by atoms with Gasteiger partial charge in [-0.3, -0.25) is 4.98 Å². The number of nitrogens with zero attached hydrogens (tertiary/aromatic N) is 2. The minimum atomic E-state index is 0.0286. The van der Waals surface area contributed by atoms with E-state index in [1.807, 2.05) is 12.3 Å². The molecule has 1 aliphatic heterocycles. The molecule has 2 rings (SSSR count). The number of pyridine rings is 1. The maximum absolute atomic E-state index is 5.82. The smallest absolute Gasteiger partial charge is 0.157 e. The lowest BCUT2D eigenvalue weighted by Crippen LogP contribution is -2.24. The number of likely N-dealkylation sites (N-methyl/N-ethyl adjacent to an activating group) is 1. The van der Waals surface area contributed by atoms with E-state index < -0.39 is 0 Å². The molecule has 1 fully saturated rings. The van der Waals surface area contributed by atoms with Crippen molar-refractivity contribution in [2.45, 2.75) is 44.3 Å². The first-order chi connectivity index (χ1) is 10.3. The van der Waals surface area contributed by atoms with Crippen molar-refractivity contribution >= 4 is 0 Å². The van der Waals surface area contributed by atoms with Crippen LogP contribution in [0.5, 0.6) is 0 Å². The fourth-order valence-corrected chi connectivity index (χ4v) is 2.78. The predicted octanol–water partition coefficient (Wildman–Crippen LogP) is 3.05. The van der Waals surface area contributed by atoms with Crippen LogP contribution >= 0.6 is 0 Å². The summed E-state index contributed by atoms with van der Waals surface area (Å²) in [7, 11) is 4.23. The van der Waals surface area contributed by atoms with Crippen molar-refractivity contribution in [3.8, 4) is 0 Å². The Morgan fingerprint density at radius 3 is 2.95 bits per heavy atom. The molecule has 0 spiro atoms. The standard InChI is InChI=1S/C17H28N2O2/c1-19(2)14-15(16-9-3-5-11-18-16)8-7-13-21-17-10-4-6-12-20-17/h3,5,9,11,15,17H,4,6-8,10,12-14H2,1-2H3/t15-,17+/m1/s1. The fraction of sp³-hybridized carbons (Fsp3) is 0.706. The highest BCUT2D eigenvalue weighted by atomic mass is 16.7. The van der Waals surface area contributed by atoms with Gasteiger partial charge in [0.2, 0.25) is 0 Å². The summed E-state index contributed by atoms with van der Waals surface area (Å²) in [4.78, 5) is 6.74. The Kier molecular flexibility index (Phi) is 7.13. The molecule has 21 heavy (non-hydrogen) atoms. The highest BCUT2D eigenvalue weighted by Gasteiger charge is 2.16. The van der Waals surface area contributed by atoms with Crippen LogP contribution in [0.4, 0.5) is 0 Å². The van der Waals surface area contributed by atoms with Crippen molar-refractivity contribution in [3.63, 3.8) is 0 Å². The Morgan fingerprint density at radius 2 is 2.29 bits per heavy atom. The molecule has 1 aromatic heterocycles. The first-order valence-electron chi connectivity index (χ1n) is 8.04. The lowest BCUT2D eigenvalue weighted by Gasteiger charge is -2.24. The second kappa shape index (κ2) is 9.13. The Balaban J connectivity index is 1.74. The molecule has 1 aliphatic rings. The maximum atomic E-state index is 5.82. The SMILES string of the molecule is CN(C)C[C@@H](CCCO[C@H]1CCCCO1)c1ccccn1. The van der Waals surface area contributed by atoms with Crippen molar-refractivity contribution in [2.24, 2.45) is 0 Å². The molecule has 4 heteroatoms. The third kappa shape index (κ3) is 6.12. The molecule has 2 heterocycles. The molecular formula is C17H28N2O2. The molecule has 0 unspecified atom stereocenters. The topological polar surface area (TPSA) is 34.6 Å². The third-order valence-corrected chi connectivity index (χ3v) is 3.83. The summed E-state index contributed by atoms with van der Waals surface area (Å²) in [6.45, 7) is 2.65. The Morgan fingerprint density at radius 1 is 1.38 bits per heavy atom. The average Bonchev–Trinajstić information content (AvgIpc) is 2.52. The first kappa shape index (κ1) is 16.4. The Labute approximate surface area is 128 Å². The molecule has 0 saturated carbocycles. The van der Waals surface area contributed by atoms with Gasteiger partial charge in [-0.25, -0.2) is 0 Å². The van der Waals surface area contributed by atoms with E-state index in [9.17, 15) is 0 Å². The number of hydrogen-bond acceptors (Lipinski definition) is 4. The van der Waals surface area contributed by atoms with Gasteiger partial charge in [0.05, 0.1) is 0 Å². The van der Waals surface area contributed by atoms with Crippen LogP contribution in [-0.4, -0.2) is 50.0 Å². The van der Waals surface area contributed by atoms with Crippen LogP contribution in [0, 0.1) is 0 Å². The van der Waals surface area contributed by atoms with Crippen LogP contribution in [0.1, 0.15) is 43.7 Å². The minimum Gasteiger partial charge on any atom is -0.353 e. The van der Waals surface area contributed by atoms with E-state index in [0.717, 1.165) is 39.0 Å². The van der Waals surface area contributed by atoms with E-state index in [1.165, 1.54) is 18.5 Å². The molecule has 0 amide bonds. The van der Waals surface area contributed by atoms with Crippen LogP contribution in [0.3, 0.4) is 0 Å². The van der Waals surface area contributed by atoms with Gasteiger partial charge in [0.1, 0.15) is 0 Å². The van der Waals surface area contributed by atoms with Crippen molar-refractivity contribution < 1.29 is 9.47 Å². The largest absolute Gasteiger partial charge is 0.353 e. The quantitative estimate of drug-likeness (QED) is 0.690. The molecule has 4 nitrogen and oxygen atoms in total. The van der Waals surface area contributed by atoms with Crippen molar-refractivity contribution in [1.29, 1.82) is 0 Å². The van der Waals surface area contributed by atoms with E-state index in [-0.39, 0.29) is 6.29 Å². The van der Waals surface area contributed by atoms with Crippen molar-refractivity contribution in [1.82, 2.24) is 9.88 Å². The molecule has 1 aromatic rings. The van der Waals surface area contributed by atoms with E-state index in [1.54, 1.807) is 0 Å². The number of rotatable bonds is 8. The van der Waals surface area contributed by atoms with E-state index in [2.05, 4.69) is 36.1 Å². The number of hydrogen-bond donors (Lipinski definition) is 0. The van der Waals surface area contributed by atoms with Crippen LogP contribution in [0.2, 0.25) is 0 Å². The fourth-order valence-electron chi connectivity index (χ4n) is 2.78. The summed E-state index contributed by atoms with van der Waals surface area (Å²) >= 11 is 0. The zero-order valence-corrected chi connectivity index (χ0v) is 13.3. The van der Waals surface area contributed by atoms with Crippen LogP contribution in [-0.2, 0) is 9.47 Å². The van der Waals surface area contributed by atoms with E-state index >= 15 is 0 Å². The summed E-state index contributed by atoms with van der Waals surface area (Å²) in [5.74, 6) is 0.470. The number of ether oxygens (including phenoxy) is 2. The molecule has 118 valence electrons. The third-order valence-electron chi connectivity index (χ3n) is 3.83. The van der Waals surface area contributed by atoms with E-state index in [4.69, 9.17) is 9.47 Å². The molecule has 1 saturated heterocycles. The molecule has 0 aliphatic carbocycles. The van der Waals surface area contributed by atoms with Gasteiger partial charge in [-0.05, 0) is 58.3 Å². The Bertz CT molecular complexity index is 378. The average molecular weight is 292 g/mol. The van der Waals surface area contributed by atoms with Gasteiger partial charge in [-0.2, -0.15) is 0 Å². The van der Waals surface area contributed by atoms with Crippen LogP contribution in [0.25, 0.3) is 0 Å². The van der Waals surface area contributed by atoms with Gasteiger partial charge in [-0.1, -0.05) is 6.07 Å². The highest BCUT2D eigenvalue weighted by molar-refractivity contribution is 5.09. The predicted molar refractivity (Wildman–Crippen MR) is 84.3 cm³/mol. The van der Waals surface area contributed by atoms with Gasteiger partial charge < -0.3 is 14.4 Å². The van der Waals surface area contributed by atoms with E-state index in [0.29, 0.717) is 5.92 Å². The monoisotopic (exact) mass is 292 g/mol. The normalized spacial score (nSPS) is 20.6. The van der Waals surface area contributed by atoms with Gasteiger partial charge in [-0.15, -0.1) is 0 Å². The lowest BCUT2D eigenvalue weighted by atomic mass is 9.98. The molecule has 0 radical (unpaired) electrons. The first-order valence-corrected chi connectivity index (χ1v) is 8.04. The number of aromatic nitrogens is 1. The molecular weight excluding hydrogens is 264 g/mol. The second-order valence-corrected chi connectivity index (χ2v) is 6.02. The van der Waals surface area contributed by atoms with Gasteiger partial charge in [0.25, 0.3) is 0 Å². The second-order valence-electron chi connectivity index (χ2n) is 6.02. The van der Waals surface area contributed by atoms with Crippen molar-refractivity contribution in [3.05, 3.63) is 30.1 Å². The molecule has 0 N–H and O–H groups in total. The van der Waals surface area contributed by atoms with Crippen LogP contribution < -0.4 is 0 Å². The van der Waals surface area contributed by atoms with Gasteiger partial charge in [0.15, 0.2) is 6.29 Å². The zero-order valence-electron chi connectivity index (χ0n) is 13.3. The molecule has 0 aromatic carbocycles. The Hall–Kier alpha value is -0.970. The highest BCUT2D eigenvalue weighted by Crippen LogP contribution is 2.21. The zero-order chi connectivity index (χ0) is 14.9. The summed E-state index contributed by atoms with van der Waals surface area (Å²) in [6.07, 6.45) is 7.50. The molecule has 0 bridgehead atoms. The lowest BCUT2D eigenvalue weighted by molar-refractivity contribution is -0.162. The maximum Gasteiger partial charge on any atom is 0.157 e. The molecule has 2 atom stereocenters. The summed E-state index contributed by atoms with van der Waals surface area (Å²) < 4.78 is 11.4. The van der Waals surface area contributed by atoms with Crippen LogP contribution in [0.15, 0.2) is 24.4 Å². The van der Waals surface area contributed by atoms with Gasteiger partial charge >= 0.3 is 0 Å². The van der Waals surface area contributed by atoms with Crippen molar-refractivity contribution in [2.75, 3.05) is 33.9 Å². The van der Waals surface area contributed by atoms with Gasteiger partial charge in [0, 0.05) is 37.6 Å². The minimum absolute atomic E-state index is 0.0286. The summed E-state index contributed by atoms with van der Waals surface area (Å²) in [6, 6.07) is 6.16. The summed E-state index contributed by atoms with van der Waals surface area (Å²) in [5, 5.41) is 0.